The maximum absolute atomic E-state index is 14.5. The van der Waals surface area contributed by atoms with E-state index in [2.05, 4.69) is 32.3 Å². The lowest BCUT2D eigenvalue weighted by atomic mass is 9.57. The molecule has 5 heteroatoms. The van der Waals surface area contributed by atoms with Gasteiger partial charge in [0.25, 0.3) is 0 Å². The second kappa shape index (κ2) is 10.9. The van der Waals surface area contributed by atoms with Crippen molar-refractivity contribution in [3.63, 3.8) is 0 Å². The molecular weight excluding hydrogens is 486 g/mol. The van der Waals surface area contributed by atoms with Crippen molar-refractivity contribution in [2.24, 2.45) is 34.5 Å². The minimum absolute atomic E-state index is 0.0575. The van der Waals surface area contributed by atoms with Crippen molar-refractivity contribution in [3.8, 4) is 0 Å². The molecule has 1 saturated heterocycles. The first kappa shape index (κ1) is 29.6. The second-order valence-electron chi connectivity index (χ2n) is 13.5. The quantitative estimate of drug-likeness (QED) is 0.280. The number of esters is 1. The summed E-state index contributed by atoms with van der Waals surface area (Å²) in [5.41, 5.74) is 0.539. The third-order valence-electron chi connectivity index (χ3n) is 10.4. The van der Waals surface area contributed by atoms with E-state index in [-0.39, 0.29) is 41.7 Å². The fourth-order valence-corrected chi connectivity index (χ4v) is 8.15. The van der Waals surface area contributed by atoms with Crippen LogP contribution in [0, 0.1) is 34.5 Å². The van der Waals surface area contributed by atoms with E-state index in [1.165, 1.54) is 0 Å². The minimum atomic E-state index is -1.30. The van der Waals surface area contributed by atoms with E-state index in [9.17, 15) is 14.7 Å². The van der Waals surface area contributed by atoms with Gasteiger partial charge in [-0.25, -0.2) is 4.79 Å². The molecule has 0 spiro atoms. The monoisotopic (exact) mass is 535 g/mol. The Morgan fingerprint density at radius 2 is 1.92 bits per heavy atom. The van der Waals surface area contributed by atoms with Gasteiger partial charge < -0.3 is 14.7 Å². The first-order chi connectivity index (χ1) is 18.3. The SMILES string of the molecule is C=C(CC)CC(C)(O)C1(/C=C(/C)COC(=O)[C@@H]2CCCN2c2ccccc2)C(=O)C(C)[C@H]2C(C[C@H]1C)C2(C)C. The smallest absolute Gasteiger partial charge is 0.329 e. The first-order valence-electron chi connectivity index (χ1n) is 14.9. The number of para-hydroxylation sites is 1. The van der Waals surface area contributed by atoms with Gasteiger partial charge in [0.2, 0.25) is 0 Å². The van der Waals surface area contributed by atoms with E-state index in [0.29, 0.717) is 18.3 Å². The molecule has 4 rings (SSSR count). The highest BCUT2D eigenvalue weighted by molar-refractivity contribution is 5.91. The molecule has 0 amide bonds. The van der Waals surface area contributed by atoms with E-state index in [0.717, 1.165) is 49.1 Å². The van der Waals surface area contributed by atoms with Crippen molar-refractivity contribution in [2.45, 2.75) is 92.2 Å². The van der Waals surface area contributed by atoms with Gasteiger partial charge in [0.1, 0.15) is 18.4 Å². The van der Waals surface area contributed by atoms with Crippen molar-refractivity contribution in [1.29, 1.82) is 0 Å². The van der Waals surface area contributed by atoms with Crippen molar-refractivity contribution < 1.29 is 19.4 Å². The summed E-state index contributed by atoms with van der Waals surface area (Å²) in [5.74, 6) is 0.465. The number of ketones is 1. The van der Waals surface area contributed by atoms with Gasteiger partial charge in [-0.05, 0) is 86.8 Å². The zero-order valence-electron chi connectivity index (χ0n) is 25.1. The molecule has 2 aliphatic carbocycles. The Labute approximate surface area is 235 Å². The number of Topliss-reactive ketones (excluding diaryl/α,β-unsaturated/α-hetero) is 1. The van der Waals surface area contributed by atoms with Crippen molar-refractivity contribution in [1.82, 2.24) is 0 Å². The number of hydrogen-bond donors (Lipinski definition) is 1. The molecule has 7 atom stereocenters. The Morgan fingerprint density at radius 3 is 2.56 bits per heavy atom. The zero-order chi connectivity index (χ0) is 28.8. The molecule has 0 radical (unpaired) electrons. The van der Waals surface area contributed by atoms with E-state index in [1.807, 2.05) is 64.1 Å². The lowest BCUT2D eigenvalue weighted by molar-refractivity contribution is -0.150. The summed E-state index contributed by atoms with van der Waals surface area (Å²) in [7, 11) is 0. The van der Waals surface area contributed by atoms with E-state index >= 15 is 0 Å². The molecule has 5 nitrogen and oxygen atoms in total. The zero-order valence-corrected chi connectivity index (χ0v) is 25.1. The maximum atomic E-state index is 14.5. The summed E-state index contributed by atoms with van der Waals surface area (Å²) < 4.78 is 5.87. The molecule has 0 aromatic heterocycles. The molecule has 4 unspecified atom stereocenters. The molecule has 3 fully saturated rings. The van der Waals surface area contributed by atoms with Crippen LogP contribution in [0.4, 0.5) is 5.69 Å². The van der Waals surface area contributed by atoms with E-state index in [4.69, 9.17) is 4.74 Å². The van der Waals surface area contributed by atoms with E-state index in [1.54, 1.807) is 0 Å². The Bertz CT molecular complexity index is 1120. The maximum Gasteiger partial charge on any atom is 0.329 e. The number of rotatable bonds is 9. The summed E-state index contributed by atoms with van der Waals surface area (Å²) in [6.07, 6.45) is 5.68. The van der Waals surface area contributed by atoms with Crippen LogP contribution >= 0.6 is 0 Å². The van der Waals surface area contributed by atoms with E-state index < -0.39 is 11.0 Å². The summed E-state index contributed by atoms with van der Waals surface area (Å²) >= 11 is 0. The first-order valence-corrected chi connectivity index (χ1v) is 14.9. The van der Waals surface area contributed by atoms with Crippen LogP contribution in [0.1, 0.15) is 80.6 Å². The predicted octanol–water partition coefficient (Wildman–Crippen LogP) is 6.76. The third-order valence-corrected chi connectivity index (χ3v) is 10.4. The van der Waals surface area contributed by atoms with Gasteiger partial charge in [0, 0.05) is 18.2 Å². The van der Waals surface area contributed by atoms with Crippen LogP contribution in [0.25, 0.3) is 0 Å². The number of carbonyl (C=O) groups is 2. The molecule has 2 saturated carbocycles. The molecule has 0 bridgehead atoms. The van der Waals surface area contributed by atoms with Crippen molar-refractivity contribution >= 4 is 17.4 Å². The number of benzene rings is 1. The number of nitrogens with zero attached hydrogens (tertiary/aromatic N) is 1. The third kappa shape index (κ3) is 5.24. The normalized spacial score (nSPS) is 33.6. The lowest BCUT2D eigenvalue weighted by Gasteiger charge is -2.48. The van der Waals surface area contributed by atoms with Gasteiger partial charge in [-0.15, -0.1) is 0 Å². The van der Waals surface area contributed by atoms with Crippen molar-refractivity contribution in [2.75, 3.05) is 18.1 Å². The number of anilines is 1. The molecule has 39 heavy (non-hydrogen) atoms. The second-order valence-corrected chi connectivity index (χ2v) is 13.5. The molecule has 1 aromatic rings. The summed E-state index contributed by atoms with van der Waals surface area (Å²) in [5, 5.41) is 12.1. The topological polar surface area (TPSA) is 66.8 Å². The van der Waals surface area contributed by atoms with Crippen LogP contribution in [-0.4, -0.2) is 41.7 Å². The predicted molar refractivity (Wildman–Crippen MR) is 157 cm³/mol. The molecular formula is C34H49NO4. The standard InChI is InChI=1S/C34H49NO4/c1-9-22(2)19-33(8,38)34(24(4)18-27-29(32(27,6)7)25(5)30(34)36)20-23(3)21-39-31(37)28-16-13-17-35(28)26-14-11-10-12-15-26/h10-12,14-15,20,24-25,27-29,38H,2,9,13,16-19,21H2,1,3-8H3/b23-20-/t24-,25?,27?,28+,29+,33?,34?/m1/s1. The fraction of sp³-hybridized carbons (Fsp3) is 0.647. The summed E-state index contributed by atoms with van der Waals surface area (Å²) in [6.45, 7) is 19.6. The van der Waals surface area contributed by atoms with Gasteiger partial charge >= 0.3 is 5.97 Å². The summed E-state index contributed by atoms with van der Waals surface area (Å²) in [6, 6.07) is 9.69. The van der Waals surface area contributed by atoms with Gasteiger partial charge in [-0.2, -0.15) is 0 Å². The largest absolute Gasteiger partial charge is 0.460 e. The van der Waals surface area contributed by atoms with Crippen LogP contribution in [0.2, 0.25) is 0 Å². The van der Waals surface area contributed by atoms with Crippen LogP contribution < -0.4 is 4.90 Å². The van der Waals surface area contributed by atoms with Crippen molar-refractivity contribution in [3.05, 3.63) is 54.1 Å². The number of aliphatic hydroxyl groups is 1. The van der Waals surface area contributed by atoms with Crippen LogP contribution in [0.3, 0.4) is 0 Å². The number of fused-ring (bicyclic) bond motifs is 1. The summed E-state index contributed by atoms with van der Waals surface area (Å²) in [4.78, 5) is 29.8. The van der Waals surface area contributed by atoms with Crippen LogP contribution in [0.15, 0.2) is 54.1 Å². The minimum Gasteiger partial charge on any atom is -0.460 e. The molecule has 1 aromatic carbocycles. The average molecular weight is 536 g/mol. The molecule has 1 aliphatic heterocycles. The Kier molecular flexibility index (Phi) is 8.25. The van der Waals surface area contributed by atoms with Gasteiger partial charge in [-0.1, -0.05) is 71.0 Å². The molecule has 214 valence electrons. The highest BCUT2D eigenvalue weighted by Crippen LogP contribution is 2.69. The average Bonchev–Trinajstić information content (AvgIpc) is 3.21. The highest BCUT2D eigenvalue weighted by atomic mass is 16.5. The molecule has 1 heterocycles. The highest BCUT2D eigenvalue weighted by Gasteiger charge is 2.68. The Balaban J connectivity index is 1.60. The van der Waals surface area contributed by atoms with Gasteiger partial charge in [0.15, 0.2) is 0 Å². The number of hydrogen-bond acceptors (Lipinski definition) is 5. The Hall–Kier alpha value is -2.40. The van der Waals surface area contributed by atoms with Crippen LogP contribution in [-0.2, 0) is 14.3 Å². The number of ether oxygens (including phenoxy) is 1. The fourth-order valence-electron chi connectivity index (χ4n) is 8.15. The van der Waals surface area contributed by atoms with Crippen LogP contribution in [0.5, 0.6) is 0 Å². The Morgan fingerprint density at radius 1 is 1.26 bits per heavy atom. The molecule has 1 N–H and O–H groups in total. The van der Waals surface area contributed by atoms with Gasteiger partial charge in [-0.3, -0.25) is 4.79 Å². The number of carbonyl (C=O) groups excluding carboxylic acids is 2. The lowest BCUT2D eigenvalue weighted by Crippen LogP contribution is -2.56. The molecule has 3 aliphatic rings. The van der Waals surface area contributed by atoms with Gasteiger partial charge in [0.05, 0.1) is 11.0 Å².